The summed E-state index contributed by atoms with van der Waals surface area (Å²) >= 11 is 0. The van der Waals surface area contributed by atoms with E-state index in [-0.39, 0.29) is 104 Å². The average molecular weight is 994 g/mol. The monoisotopic (exact) mass is 993 g/mol. The number of hydrogen-bond acceptors (Lipinski definition) is 18. The summed E-state index contributed by atoms with van der Waals surface area (Å²) in [5, 5.41) is 55.7. The Morgan fingerprint density at radius 1 is 0.606 bits per heavy atom. The maximum absolute atomic E-state index is 12.5. The number of aromatic hydroxyl groups is 2. The van der Waals surface area contributed by atoms with Gasteiger partial charge in [0.15, 0.2) is 0 Å². The van der Waals surface area contributed by atoms with Gasteiger partial charge in [-0.1, -0.05) is 36.4 Å². The Morgan fingerprint density at radius 2 is 0.955 bits per heavy atom. The van der Waals surface area contributed by atoms with E-state index < -0.39 is 76.1 Å². The smallest absolute Gasteiger partial charge is 0.501 e. The van der Waals surface area contributed by atoms with Gasteiger partial charge in [0.25, 0.3) is 0 Å². The number of allylic oxidation sites excluding steroid dienone is 2. The minimum atomic E-state index is -3.67. The number of hydrogen-bond donors (Lipinski definition) is 8. The van der Waals surface area contributed by atoms with E-state index in [9.17, 15) is 66.5 Å². The van der Waals surface area contributed by atoms with Crippen molar-refractivity contribution in [3.63, 3.8) is 0 Å². The number of sulfonamides is 2. The molecular weight excluding hydrogens is 960 g/mol. The molecule has 0 unspecified atom stereocenters. The molecule has 2 aliphatic carbocycles. The molecule has 2 aliphatic rings. The number of nitrogens with one attached hydrogen (secondary N) is 6. The molecule has 6 rings (SSSR count). The number of nitro groups is 2. The first-order chi connectivity index (χ1) is 29.9. The molecule has 2 amide bonds. The summed E-state index contributed by atoms with van der Waals surface area (Å²) in [6.07, 6.45) is 7.33. The third kappa shape index (κ3) is 13.5. The van der Waals surface area contributed by atoms with Crippen molar-refractivity contribution in [3.05, 3.63) is 115 Å². The van der Waals surface area contributed by atoms with Gasteiger partial charge in [-0.05, 0) is 47.5 Å². The van der Waals surface area contributed by atoms with Gasteiger partial charge >= 0.3 is 40.9 Å². The van der Waals surface area contributed by atoms with E-state index in [1.807, 2.05) is 0 Å². The molecular formula is C38H34CrN10NaO14S2+. The molecule has 66 heavy (non-hydrogen) atoms. The van der Waals surface area contributed by atoms with Crippen molar-refractivity contribution in [2.75, 3.05) is 43.4 Å². The molecule has 24 nitrogen and oxygen atoms in total. The van der Waals surface area contributed by atoms with Crippen LogP contribution in [0.2, 0.25) is 0 Å². The Morgan fingerprint density at radius 3 is 1.26 bits per heavy atom. The van der Waals surface area contributed by atoms with Crippen LogP contribution >= 0.6 is 0 Å². The van der Waals surface area contributed by atoms with Crippen molar-refractivity contribution >= 4 is 113 Å². The number of hydrazone groups is 2. The summed E-state index contributed by atoms with van der Waals surface area (Å²) in [6.45, 7) is 2.40. The van der Waals surface area contributed by atoms with Crippen molar-refractivity contribution in [1.29, 1.82) is 0 Å². The fraction of sp³-hybridized carbons (Fsp3) is 0.105. The normalized spacial score (nSPS) is 13.6. The Bertz CT molecular complexity index is 2850. The fourth-order valence-corrected chi connectivity index (χ4v) is 7.08. The van der Waals surface area contributed by atoms with Crippen LogP contribution in [0.3, 0.4) is 0 Å². The van der Waals surface area contributed by atoms with Crippen LogP contribution in [0.5, 0.6) is 11.5 Å². The zero-order chi connectivity index (χ0) is 47.3. The molecule has 0 saturated heterocycles. The topological polar surface area (TPSA) is 360 Å². The number of ketones is 2. The SMILES string of the molecule is CC(=O)Nc1cc(N/N=C2\C(=O)C=Cc3cccc(NS(C)(=O)=O)c32)c(O)c([N+](=O)[O-])c1.CC(=O)Nc1cc(N/N=C2\C(=O)C=Cc3cccc(NS(C)(=O)=O)c32)c(O)c([N+](=O)[O-])c1.[Cr].[Na+]. The molecule has 0 aliphatic heterocycles. The molecule has 0 bridgehead atoms. The number of nitrogens with zero attached hydrogens (tertiary/aromatic N) is 4. The van der Waals surface area contributed by atoms with Gasteiger partial charge < -0.3 is 20.8 Å². The van der Waals surface area contributed by atoms with Gasteiger partial charge in [-0.25, -0.2) is 16.8 Å². The third-order valence-electron chi connectivity index (χ3n) is 8.34. The zero-order valence-corrected chi connectivity index (χ0v) is 39.8. The van der Waals surface area contributed by atoms with Gasteiger partial charge in [-0.15, -0.1) is 0 Å². The maximum Gasteiger partial charge on any atom is 1.00 e. The van der Waals surface area contributed by atoms with Crippen molar-refractivity contribution in [3.8, 4) is 11.5 Å². The van der Waals surface area contributed by atoms with E-state index in [2.05, 4.69) is 41.1 Å². The van der Waals surface area contributed by atoms with Crippen LogP contribution in [0.25, 0.3) is 12.2 Å². The summed E-state index contributed by atoms with van der Waals surface area (Å²) < 4.78 is 51.5. The summed E-state index contributed by atoms with van der Waals surface area (Å²) in [5.74, 6) is -3.68. The first-order valence-corrected chi connectivity index (χ1v) is 21.6. The number of fused-ring (bicyclic) bond motifs is 2. The Kier molecular flexibility index (Phi) is 17.6. The van der Waals surface area contributed by atoms with Gasteiger partial charge in [-0.2, -0.15) is 10.2 Å². The van der Waals surface area contributed by atoms with E-state index in [4.69, 9.17) is 0 Å². The van der Waals surface area contributed by atoms with E-state index in [0.29, 0.717) is 11.1 Å². The van der Waals surface area contributed by atoms with Gasteiger partial charge in [0, 0.05) is 65.8 Å². The van der Waals surface area contributed by atoms with E-state index in [1.165, 1.54) is 62.4 Å². The average Bonchev–Trinajstić information content (AvgIpc) is 3.17. The van der Waals surface area contributed by atoms with Crippen LogP contribution in [0, 0.1) is 20.2 Å². The standard InChI is InChI=1S/2C19H17N5O7S.Cr.Na/c2*1-10(25)20-12-8-14(19(27)15(9-12)24(28)29)21-22-18-16(26)7-6-11-4-3-5-13(17(11)18)23-32(2,30)31;;/h2*3-9,21,23,27H,1-2H3,(H,20,25);;/q;;;+1/b2*22-18+;;. The molecule has 0 fully saturated rings. The second-order valence-electron chi connectivity index (χ2n) is 13.5. The predicted octanol–water partition coefficient (Wildman–Crippen LogP) is 1.09. The van der Waals surface area contributed by atoms with Crippen LogP contribution in [-0.2, 0) is 56.6 Å². The number of phenolic OH excluding ortho intramolecular Hbond substituents is 2. The van der Waals surface area contributed by atoms with Crippen LogP contribution < -0.4 is 60.5 Å². The Hall–Kier alpha value is -6.99. The van der Waals surface area contributed by atoms with E-state index in [0.717, 1.165) is 24.6 Å². The number of carbonyl (C=O) groups is 4. The summed E-state index contributed by atoms with van der Waals surface area (Å²) in [7, 11) is -7.35. The molecule has 4 aromatic carbocycles. The molecule has 4 aromatic rings. The second kappa shape index (κ2) is 21.8. The van der Waals surface area contributed by atoms with E-state index >= 15 is 0 Å². The van der Waals surface area contributed by atoms with E-state index in [1.54, 1.807) is 24.3 Å². The molecule has 0 heterocycles. The van der Waals surface area contributed by atoms with Crippen molar-refractivity contribution in [2.24, 2.45) is 10.2 Å². The third-order valence-corrected chi connectivity index (χ3v) is 9.52. The number of rotatable bonds is 12. The largest absolute Gasteiger partial charge is 1.00 e. The van der Waals surface area contributed by atoms with Crippen LogP contribution in [0.1, 0.15) is 36.1 Å². The number of carbonyl (C=O) groups excluding carboxylic acids is 4. The Balaban J connectivity index is 0.000000340. The molecule has 0 aromatic heterocycles. The number of nitro benzene ring substituents is 2. The number of anilines is 6. The van der Waals surface area contributed by atoms with Crippen molar-refractivity contribution in [2.45, 2.75) is 13.8 Å². The summed E-state index contributed by atoms with van der Waals surface area (Å²) in [5.41, 5.74) is 4.11. The number of amides is 2. The number of phenols is 2. The van der Waals surface area contributed by atoms with Crippen LogP contribution in [0.15, 0.2) is 83.0 Å². The van der Waals surface area contributed by atoms with Gasteiger partial charge in [0.1, 0.15) is 22.8 Å². The van der Waals surface area contributed by atoms with Gasteiger partial charge in [0.2, 0.25) is 54.9 Å². The molecule has 0 radical (unpaired) electrons. The predicted molar refractivity (Wildman–Crippen MR) is 236 cm³/mol. The van der Waals surface area contributed by atoms with Crippen molar-refractivity contribution < 1.29 is 103 Å². The molecule has 338 valence electrons. The maximum atomic E-state index is 12.5. The molecule has 28 heteroatoms. The van der Waals surface area contributed by atoms with Crippen LogP contribution in [-0.4, -0.2) is 84.2 Å². The molecule has 0 atom stereocenters. The first-order valence-electron chi connectivity index (χ1n) is 17.8. The first kappa shape index (κ1) is 53.4. The molecule has 0 saturated carbocycles. The van der Waals surface area contributed by atoms with Crippen molar-refractivity contribution in [1.82, 2.24) is 0 Å². The molecule has 8 N–H and O–H groups in total. The Labute approximate surface area is 407 Å². The van der Waals surface area contributed by atoms with Crippen LogP contribution in [0.4, 0.5) is 45.5 Å². The summed E-state index contributed by atoms with van der Waals surface area (Å²) in [6, 6.07) is 13.7. The number of benzene rings is 4. The minimum Gasteiger partial charge on any atom is -0.501 e. The minimum absolute atomic E-state index is 0. The zero-order valence-electron chi connectivity index (χ0n) is 34.9. The van der Waals surface area contributed by atoms with Gasteiger partial charge in [-0.3, -0.25) is 59.7 Å². The van der Waals surface area contributed by atoms with Gasteiger partial charge in [0.05, 0.1) is 33.7 Å². The second-order valence-corrected chi connectivity index (χ2v) is 17.0. The fourth-order valence-electron chi connectivity index (χ4n) is 5.94. The summed E-state index contributed by atoms with van der Waals surface area (Å²) in [4.78, 5) is 68.5. The molecule has 0 spiro atoms. The quantitative estimate of drug-likeness (QED) is 0.0324.